The van der Waals surface area contributed by atoms with Gasteiger partial charge in [-0.3, -0.25) is 10.1 Å². The van der Waals surface area contributed by atoms with Gasteiger partial charge in [0.1, 0.15) is 6.04 Å². The number of hydrogen-bond acceptors (Lipinski definition) is 4. The minimum atomic E-state index is -0.958. The maximum Gasteiger partial charge on any atom is 0.326 e. The Labute approximate surface area is 185 Å². The van der Waals surface area contributed by atoms with Gasteiger partial charge in [0.05, 0.1) is 12.6 Å². The van der Waals surface area contributed by atoms with E-state index < -0.39 is 12.0 Å². The standard InChI is InChI=1S/C25H35N3O3/c29-23(18-19-10-5-4-6-11-19)28-22(25(30)31)14-8-3-1-2-7-13-21-16-15-20-12-9-17-26-24(20)27-21/h4-6,10-11,15-16,22,24,26-27H,1-3,7-9,12-14,17-18H2,(H,28,29)(H,30,31)/t22-,24?/m0/s1. The number of nitrogens with one attached hydrogen (secondary N) is 3. The van der Waals surface area contributed by atoms with E-state index in [2.05, 4.69) is 28.1 Å². The summed E-state index contributed by atoms with van der Waals surface area (Å²) in [6, 6.07) is 8.57. The average Bonchev–Trinajstić information content (AvgIpc) is 2.78. The van der Waals surface area contributed by atoms with Crippen molar-refractivity contribution in [2.24, 2.45) is 0 Å². The number of carbonyl (C=O) groups excluding carboxylic acids is 1. The number of aliphatic carboxylic acids is 1. The normalized spacial score (nSPS) is 18.8. The van der Waals surface area contributed by atoms with Gasteiger partial charge < -0.3 is 15.7 Å². The van der Waals surface area contributed by atoms with Crippen molar-refractivity contribution in [3.8, 4) is 0 Å². The molecular weight excluding hydrogens is 390 g/mol. The zero-order chi connectivity index (χ0) is 21.9. The number of benzene rings is 1. The highest BCUT2D eigenvalue weighted by Gasteiger charge is 2.21. The van der Waals surface area contributed by atoms with Gasteiger partial charge in [-0.15, -0.1) is 0 Å². The van der Waals surface area contributed by atoms with Crippen molar-refractivity contribution in [2.75, 3.05) is 6.54 Å². The van der Waals surface area contributed by atoms with Gasteiger partial charge in [0.25, 0.3) is 0 Å². The molecule has 31 heavy (non-hydrogen) atoms. The minimum absolute atomic E-state index is 0.210. The van der Waals surface area contributed by atoms with Crippen LogP contribution in [0.5, 0.6) is 0 Å². The summed E-state index contributed by atoms with van der Waals surface area (Å²) >= 11 is 0. The lowest BCUT2D eigenvalue weighted by atomic mass is 9.98. The molecule has 168 valence electrons. The molecule has 1 aromatic rings. The molecule has 2 heterocycles. The SMILES string of the molecule is O=C(Cc1ccccc1)N[C@@H](CCCCCCCC1=CC=C2CCCNC2N1)C(=O)O. The Kier molecular flexibility index (Phi) is 9.16. The third kappa shape index (κ3) is 7.87. The van der Waals surface area contributed by atoms with Gasteiger partial charge in [0.2, 0.25) is 5.91 Å². The fourth-order valence-electron chi connectivity index (χ4n) is 4.21. The maximum atomic E-state index is 12.1. The number of amides is 1. The summed E-state index contributed by atoms with van der Waals surface area (Å²) in [4.78, 5) is 23.6. The van der Waals surface area contributed by atoms with Crippen LogP contribution < -0.4 is 16.0 Å². The van der Waals surface area contributed by atoms with Gasteiger partial charge in [-0.2, -0.15) is 0 Å². The van der Waals surface area contributed by atoms with Crippen LogP contribution in [0.3, 0.4) is 0 Å². The number of carbonyl (C=O) groups is 2. The van der Waals surface area contributed by atoms with Crippen molar-refractivity contribution < 1.29 is 14.7 Å². The van der Waals surface area contributed by atoms with Crippen LogP contribution in [0.2, 0.25) is 0 Å². The fourth-order valence-corrected chi connectivity index (χ4v) is 4.21. The van der Waals surface area contributed by atoms with E-state index >= 15 is 0 Å². The molecule has 0 spiro atoms. The average molecular weight is 426 g/mol. The molecule has 4 N–H and O–H groups in total. The summed E-state index contributed by atoms with van der Waals surface area (Å²) in [7, 11) is 0. The molecule has 1 saturated heterocycles. The van der Waals surface area contributed by atoms with E-state index in [9.17, 15) is 14.7 Å². The first kappa shape index (κ1) is 23.1. The van der Waals surface area contributed by atoms with Crippen molar-refractivity contribution >= 4 is 11.9 Å². The third-order valence-electron chi connectivity index (χ3n) is 5.97. The molecule has 0 radical (unpaired) electrons. The minimum Gasteiger partial charge on any atom is -0.480 e. The number of rotatable bonds is 12. The second-order valence-corrected chi connectivity index (χ2v) is 8.50. The van der Waals surface area contributed by atoms with Crippen molar-refractivity contribution in [3.05, 3.63) is 59.3 Å². The molecule has 1 aromatic carbocycles. The quantitative estimate of drug-likeness (QED) is 0.384. The molecular formula is C25H35N3O3. The summed E-state index contributed by atoms with van der Waals surface area (Å²) in [5.74, 6) is -1.20. The lowest BCUT2D eigenvalue weighted by Gasteiger charge is -2.32. The molecule has 0 bridgehead atoms. The molecule has 2 atom stereocenters. The van der Waals surface area contributed by atoms with Gasteiger partial charge >= 0.3 is 5.97 Å². The number of carboxylic acids is 1. The second-order valence-electron chi connectivity index (χ2n) is 8.50. The highest BCUT2D eigenvalue weighted by atomic mass is 16.4. The molecule has 0 aromatic heterocycles. The molecule has 6 heteroatoms. The topological polar surface area (TPSA) is 90.5 Å². The monoisotopic (exact) mass is 425 g/mol. The van der Waals surface area contributed by atoms with Crippen LogP contribution in [0.4, 0.5) is 0 Å². The van der Waals surface area contributed by atoms with Gasteiger partial charge in [-0.25, -0.2) is 4.79 Å². The lowest BCUT2D eigenvalue weighted by molar-refractivity contribution is -0.142. The van der Waals surface area contributed by atoms with E-state index in [1.165, 1.54) is 24.1 Å². The first-order valence-electron chi connectivity index (χ1n) is 11.6. The summed E-state index contributed by atoms with van der Waals surface area (Å²) in [5.41, 5.74) is 3.65. The largest absolute Gasteiger partial charge is 0.480 e. The predicted molar refractivity (Wildman–Crippen MR) is 122 cm³/mol. The summed E-state index contributed by atoms with van der Waals surface area (Å²) < 4.78 is 0. The van der Waals surface area contributed by atoms with Gasteiger partial charge in [-0.1, -0.05) is 62.1 Å². The fraction of sp³-hybridized carbons (Fsp3) is 0.520. The van der Waals surface area contributed by atoms with Crippen molar-refractivity contribution in [1.82, 2.24) is 16.0 Å². The molecule has 2 aliphatic rings. The second kappa shape index (κ2) is 12.3. The first-order chi connectivity index (χ1) is 15.1. The molecule has 3 rings (SSSR count). The number of hydrogen-bond donors (Lipinski definition) is 4. The number of piperidine rings is 1. The number of fused-ring (bicyclic) bond motifs is 1. The smallest absolute Gasteiger partial charge is 0.326 e. The van der Waals surface area contributed by atoms with Crippen LogP contribution in [0.1, 0.15) is 63.4 Å². The first-order valence-corrected chi connectivity index (χ1v) is 11.6. The van der Waals surface area contributed by atoms with Crippen LogP contribution in [0, 0.1) is 0 Å². The van der Waals surface area contributed by atoms with Crippen LogP contribution in [0.15, 0.2) is 53.8 Å². The van der Waals surface area contributed by atoms with Crippen LogP contribution in [-0.4, -0.2) is 35.7 Å². The summed E-state index contributed by atoms with van der Waals surface area (Å²) in [5, 5.41) is 19.2. The Hall–Kier alpha value is -2.60. The zero-order valence-electron chi connectivity index (χ0n) is 18.2. The molecule has 0 aliphatic carbocycles. The van der Waals surface area contributed by atoms with E-state index in [4.69, 9.17) is 0 Å². The predicted octanol–water partition coefficient (Wildman–Crippen LogP) is 3.65. The number of dihydropyridines is 1. The summed E-state index contributed by atoms with van der Waals surface area (Å²) in [6.45, 7) is 1.08. The van der Waals surface area contributed by atoms with Crippen molar-refractivity contribution in [3.63, 3.8) is 0 Å². The van der Waals surface area contributed by atoms with Crippen LogP contribution in [0.25, 0.3) is 0 Å². The molecule has 1 unspecified atom stereocenters. The van der Waals surface area contributed by atoms with Gasteiger partial charge in [0, 0.05) is 5.70 Å². The molecule has 2 aliphatic heterocycles. The van der Waals surface area contributed by atoms with E-state index in [1.54, 1.807) is 0 Å². The van der Waals surface area contributed by atoms with E-state index in [0.29, 0.717) is 12.6 Å². The maximum absolute atomic E-state index is 12.1. The summed E-state index contributed by atoms with van der Waals surface area (Å²) in [6.07, 6.45) is 14.1. The lowest BCUT2D eigenvalue weighted by Crippen LogP contribution is -2.47. The molecule has 0 saturated carbocycles. The Balaban J connectivity index is 1.27. The zero-order valence-corrected chi connectivity index (χ0v) is 18.2. The molecule has 1 fully saturated rings. The Morgan fingerprint density at radius 3 is 2.65 bits per heavy atom. The third-order valence-corrected chi connectivity index (χ3v) is 5.97. The molecule has 1 amide bonds. The van der Waals surface area contributed by atoms with Crippen LogP contribution in [-0.2, 0) is 16.0 Å². The number of unbranched alkanes of at least 4 members (excludes halogenated alkanes) is 4. The van der Waals surface area contributed by atoms with E-state index in [-0.39, 0.29) is 12.3 Å². The Bertz CT molecular complexity index is 788. The van der Waals surface area contributed by atoms with E-state index in [1.807, 2.05) is 30.3 Å². The van der Waals surface area contributed by atoms with E-state index in [0.717, 1.165) is 50.6 Å². The number of carboxylic acid groups (broad SMARTS) is 1. The van der Waals surface area contributed by atoms with Gasteiger partial charge in [0.15, 0.2) is 0 Å². The number of allylic oxidation sites excluding steroid dienone is 3. The highest BCUT2D eigenvalue weighted by Crippen LogP contribution is 2.21. The van der Waals surface area contributed by atoms with Crippen molar-refractivity contribution in [2.45, 2.75) is 76.4 Å². The van der Waals surface area contributed by atoms with Crippen molar-refractivity contribution in [1.29, 1.82) is 0 Å². The molecule has 6 nitrogen and oxygen atoms in total. The van der Waals surface area contributed by atoms with Crippen LogP contribution >= 0.6 is 0 Å². The Morgan fingerprint density at radius 2 is 1.84 bits per heavy atom. The highest BCUT2D eigenvalue weighted by molar-refractivity contribution is 5.84. The Morgan fingerprint density at radius 1 is 1.06 bits per heavy atom. The van der Waals surface area contributed by atoms with Gasteiger partial charge in [-0.05, 0) is 55.9 Å².